The molecule has 0 saturated heterocycles. The van der Waals surface area contributed by atoms with Gasteiger partial charge in [0.25, 0.3) is 0 Å². The van der Waals surface area contributed by atoms with E-state index in [0.29, 0.717) is 11.1 Å². The Morgan fingerprint density at radius 3 is 2.64 bits per heavy atom. The van der Waals surface area contributed by atoms with Gasteiger partial charge in [-0.25, -0.2) is 14.6 Å². The minimum Gasteiger partial charge on any atom is -0.386 e. The number of benzene rings is 1. The van der Waals surface area contributed by atoms with Gasteiger partial charge in [0.2, 0.25) is 0 Å². The van der Waals surface area contributed by atoms with Crippen LogP contribution in [0.15, 0.2) is 18.5 Å². The van der Waals surface area contributed by atoms with Gasteiger partial charge in [-0.05, 0) is 12.1 Å². The summed E-state index contributed by atoms with van der Waals surface area (Å²) in [6, 6.07) is 3.12. The zero-order valence-electron chi connectivity index (χ0n) is 6.90. The monoisotopic (exact) mass is 188 g/mol. The van der Waals surface area contributed by atoms with Gasteiger partial charge in [0.1, 0.15) is 0 Å². The molecule has 2 heterocycles. The Kier molecular flexibility index (Phi) is 1.14. The zero-order chi connectivity index (χ0) is 9.71. The van der Waals surface area contributed by atoms with Crippen molar-refractivity contribution in [2.24, 2.45) is 0 Å². The van der Waals surface area contributed by atoms with Crippen LogP contribution in [0.1, 0.15) is 20.7 Å². The average Bonchev–Trinajstić information content (AvgIpc) is 2.70. The Morgan fingerprint density at radius 2 is 1.86 bits per heavy atom. The summed E-state index contributed by atoms with van der Waals surface area (Å²) in [4.78, 5) is 29.2. The molecule has 2 aromatic rings. The third-order valence-corrected chi connectivity index (χ3v) is 2.18. The Labute approximate surface area is 77.7 Å². The summed E-state index contributed by atoms with van der Waals surface area (Å²) >= 11 is 0. The summed E-state index contributed by atoms with van der Waals surface area (Å²) in [6.45, 7) is 0. The van der Waals surface area contributed by atoms with Crippen LogP contribution in [0.4, 0.5) is 0 Å². The van der Waals surface area contributed by atoms with Crippen LogP contribution in [0.5, 0.6) is 0 Å². The van der Waals surface area contributed by atoms with Crippen LogP contribution >= 0.6 is 0 Å². The molecule has 5 nitrogen and oxygen atoms in total. The summed E-state index contributed by atoms with van der Waals surface area (Å²) in [7, 11) is 0. The van der Waals surface area contributed by atoms with Gasteiger partial charge >= 0.3 is 11.9 Å². The second-order valence-corrected chi connectivity index (χ2v) is 2.99. The van der Waals surface area contributed by atoms with Crippen molar-refractivity contribution in [3.8, 4) is 0 Å². The number of carbonyl (C=O) groups excluding carboxylic acids is 2. The molecule has 68 valence electrons. The highest BCUT2D eigenvalue weighted by Gasteiger charge is 2.30. The normalized spacial score (nSPS) is 14.6. The number of hydrogen-bond acceptors (Lipinski definition) is 4. The molecule has 0 unspecified atom stereocenters. The topological polar surface area (TPSA) is 72.1 Å². The third-order valence-electron chi connectivity index (χ3n) is 2.18. The van der Waals surface area contributed by atoms with E-state index in [1.54, 1.807) is 12.1 Å². The summed E-state index contributed by atoms with van der Waals surface area (Å²) in [5, 5.41) is 0. The maximum atomic E-state index is 11.2. The highest BCUT2D eigenvalue weighted by Crippen LogP contribution is 2.23. The number of H-pyrrole nitrogens is 1. The van der Waals surface area contributed by atoms with Crippen molar-refractivity contribution in [3.63, 3.8) is 0 Å². The van der Waals surface area contributed by atoms with Crippen molar-refractivity contribution in [1.82, 2.24) is 9.97 Å². The predicted molar refractivity (Wildman–Crippen MR) is 45.8 cm³/mol. The fourth-order valence-corrected chi connectivity index (χ4v) is 1.51. The van der Waals surface area contributed by atoms with Gasteiger partial charge in [0.15, 0.2) is 0 Å². The number of carbonyl (C=O) groups is 2. The van der Waals surface area contributed by atoms with E-state index in [9.17, 15) is 9.59 Å². The molecule has 0 radical (unpaired) electrons. The van der Waals surface area contributed by atoms with Crippen molar-refractivity contribution < 1.29 is 14.3 Å². The predicted octanol–water partition coefficient (Wildman–Crippen LogP) is 0.873. The smallest absolute Gasteiger partial charge is 0.346 e. The van der Waals surface area contributed by atoms with Crippen LogP contribution in [-0.4, -0.2) is 21.9 Å². The van der Waals surface area contributed by atoms with Crippen molar-refractivity contribution in [2.75, 3.05) is 0 Å². The highest BCUT2D eigenvalue weighted by atomic mass is 16.6. The molecular formula is C9H4N2O3. The van der Waals surface area contributed by atoms with Crippen molar-refractivity contribution in [1.29, 1.82) is 0 Å². The molecule has 0 saturated carbocycles. The van der Waals surface area contributed by atoms with E-state index in [0.717, 1.165) is 5.52 Å². The SMILES string of the molecule is O=C1OC(=O)c2cc3[nH]cnc3cc21. The maximum absolute atomic E-state index is 11.2. The molecule has 1 aliphatic rings. The highest BCUT2D eigenvalue weighted by molar-refractivity contribution is 6.16. The number of hydrogen-bond donors (Lipinski definition) is 1. The molecule has 1 N–H and O–H groups in total. The molecule has 0 amide bonds. The lowest BCUT2D eigenvalue weighted by Gasteiger charge is -1.91. The molecule has 0 fully saturated rings. The second-order valence-electron chi connectivity index (χ2n) is 2.99. The Bertz CT molecular complexity index is 522. The molecule has 0 atom stereocenters. The number of imidazole rings is 1. The largest absolute Gasteiger partial charge is 0.386 e. The average molecular weight is 188 g/mol. The summed E-state index contributed by atoms with van der Waals surface area (Å²) in [5.74, 6) is -1.20. The van der Waals surface area contributed by atoms with Gasteiger partial charge < -0.3 is 9.72 Å². The summed E-state index contributed by atoms with van der Waals surface area (Å²) in [5.41, 5.74) is 1.95. The summed E-state index contributed by atoms with van der Waals surface area (Å²) < 4.78 is 4.45. The molecule has 14 heavy (non-hydrogen) atoms. The number of esters is 2. The van der Waals surface area contributed by atoms with Gasteiger partial charge in [-0.1, -0.05) is 0 Å². The lowest BCUT2D eigenvalue weighted by molar-refractivity contribution is 0.0444. The van der Waals surface area contributed by atoms with Gasteiger partial charge in [0, 0.05) is 0 Å². The van der Waals surface area contributed by atoms with Crippen LogP contribution in [0, 0.1) is 0 Å². The Balaban J connectivity index is 2.43. The molecule has 1 aliphatic heterocycles. The first kappa shape index (κ1) is 7.25. The molecule has 0 aliphatic carbocycles. The van der Waals surface area contributed by atoms with Crippen LogP contribution < -0.4 is 0 Å². The Morgan fingerprint density at radius 1 is 1.14 bits per heavy atom. The fraction of sp³-hybridized carbons (Fsp3) is 0. The first-order valence-corrected chi connectivity index (χ1v) is 3.99. The first-order chi connectivity index (χ1) is 6.75. The van der Waals surface area contributed by atoms with Gasteiger partial charge in [-0.3, -0.25) is 0 Å². The van der Waals surface area contributed by atoms with Crippen molar-refractivity contribution >= 4 is 23.0 Å². The van der Waals surface area contributed by atoms with E-state index in [-0.39, 0.29) is 5.56 Å². The maximum Gasteiger partial charge on any atom is 0.346 e. The molecule has 0 bridgehead atoms. The van der Waals surface area contributed by atoms with E-state index in [4.69, 9.17) is 0 Å². The van der Waals surface area contributed by atoms with Crippen LogP contribution in [0.2, 0.25) is 0 Å². The molecule has 1 aromatic heterocycles. The molecule has 0 spiro atoms. The quantitative estimate of drug-likeness (QED) is 0.492. The standard InChI is InChI=1S/C9H4N2O3/c12-8-4-1-6-7(11-3-10-6)2-5(4)9(13)14-8/h1-3H,(H,10,11). The number of fused-ring (bicyclic) bond motifs is 2. The number of nitrogens with zero attached hydrogens (tertiary/aromatic N) is 1. The van der Waals surface area contributed by atoms with Crippen molar-refractivity contribution in [2.45, 2.75) is 0 Å². The summed E-state index contributed by atoms with van der Waals surface area (Å²) in [6.07, 6.45) is 1.51. The van der Waals surface area contributed by atoms with Crippen LogP contribution in [-0.2, 0) is 4.74 Å². The van der Waals surface area contributed by atoms with E-state index < -0.39 is 11.9 Å². The van der Waals surface area contributed by atoms with E-state index >= 15 is 0 Å². The molecular weight excluding hydrogens is 184 g/mol. The van der Waals surface area contributed by atoms with Crippen molar-refractivity contribution in [3.05, 3.63) is 29.6 Å². The van der Waals surface area contributed by atoms with Crippen LogP contribution in [0.3, 0.4) is 0 Å². The van der Waals surface area contributed by atoms with Gasteiger partial charge in [0.05, 0.1) is 28.5 Å². The van der Waals surface area contributed by atoms with Gasteiger partial charge in [-0.15, -0.1) is 0 Å². The number of ether oxygens (including phenoxy) is 1. The first-order valence-electron chi connectivity index (χ1n) is 3.99. The Hall–Kier alpha value is -2.17. The third kappa shape index (κ3) is 0.756. The van der Waals surface area contributed by atoms with E-state index in [1.807, 2.05) is 0 Å². The molecule has 3 rings (SSSR count). The van der Waals surface area contributed by atoms with E-state index in [2.05, 4.69) is 14.7 Å². The number of nitrogens with one attached hydrogen (secondary N) is 1. The fourth-order valence-electron chi connectivity index (χ4n) is 1.51. The zero-order valence-corrected chi connectivity index (χ0v) is 6.90. The molecule has 5 heteroatoms. The lowest BCUT2D eigenvalue weighted by Crippen LogP contribution is -1.96. The minimum absolute atomic E-state index is 0.287. The number of aromatic amines is 1. The number of cyclic esters (lactones) is 2. The second kappa shape index (κ2) is 2.20. The number of rotatable bonds is 0. The van der Waals surface area contributed by atoms with Crippen LogP contribution in [0.25, 0.3) is 11.0 Å². The van der Waals surface area contributed by atoms with E-state index in [1.165, 1.54) is 6.33 Å². The number of aromatic nitrogens is 2. The minimum atomic E-state index is -0.602. The van der Waals surface area contributed by atoms with Gasteiger partial charge in [-0.2, -0.15) is 0 Å². The lowest BCUT2D eigenvalue weighted by atomic mass is 10.1. The molecule has 1 aromatic carbocycles.